The van der Waals surface area contributed by atoms with Crippen LogP contribution in [0.2, 0.25) is 0 Å². The summed E-state index contributed by atoms with van der Waals surface area (Å²) in [6.07, 6.45) is 4.76. The van der Waals surface area contributed by atoms with Crippen molar-refractivity contribution in [2.24, 2.45) is 5.41 Å². The maximum Gasteiger partial charge on any atom is 0.105 e. The molecule has 1 aliphatic rings. The summed E-state index contributed by atoms with van der Waals surface area (Å²) >= 11 is 0. The summed E-state index contributed by atoms with van der Waals surface area (Å²) in [5.41, 5.74) is 0.149. The molecule has 2 unspecified atom stereocenters. The molecule has 0 aromatic heterocycles. The molecule has 19 heavy (non-hydrogen) atoms. The van der Waals surface area contributed by atoms with Crippen LogP contribution in [-0.4, -0.2) is 36.1 Å². The van der Waals surface area contributed by atoms with Gasteiger partial charge < -0.3 is 4.90 Å². The largest absolute Gasteiger partial charge is 0.301 e. The Bertz CT molecular complexity index is 312. The third-order valence-corrected chi connectivity index (χ3v) is 5.00. The van der Waals surface area contributed by atoms with E-state index in [1.807, 2.05) is 6.92 Å². The zero-order valence-electron chi connectivity index (χ0n) is 13.4. The molecule has 0 amide bonds. The smallest absolute Gasteiger partial charge is 0.105 e. The number of likely N-dealkylation sites (tertiary alicyclic amines) is 1. The molecule has 0 saturated carbocycles. The van der Waals surface area contributed by atoms with E-state index in [0.717, 1.165) is 13.0 Å². The normalized spacial score (nSPS) is 24.4. The van der Waals surface area contributed by atoms with Crippen molar-refractivity contribution in [2.75, 3.05) is 19.6 Å². The summed E-state index contributed by atoms with van der Waals surface area (Å²) < 4.78 is 0. The van der Waals surface area contributed by atoms with E-state index in [0.29, 0.717) is 11.5 Å². The summed E-state index contributed by atoms with van der Waals surface area (Å²) in [5.74, 6) is 0. The summed E-state index contributed by atoms with van der Waals surface area (Å²) in [5, 5.41) is 12.7. The summed E-state index contributed by atoms with van der Waals surface area (Å²) in [7, 11) is 0. The zero-order valence-corrected chi connectivity index (χ0v) is 13.4. The maximum atomic E-state index is 9.35. The number of nitriles is 1. The summed E-state index contributed by atoms with van der Waals surface area (Å²) in [6.45, 7) is 14.3. The molecule has 3 heteroatoms. The van der Waals surface area contributed by atoms with Crippen LogP contribution in [0.5, 0.6) is 0 Å². The van der Waals surface area contributed by atoms with Crippen LogP contribution < -0.4 is 5.32 Å². The molecule has 1 saturated heterocycles. The van der Waals surface area contributed by atoms with E-state index in [2.05, 4.69) is 44.0 Å². The average Bonchev–Trinajstić information content (AvgIpc) is 2.39. The average molecular weight is 265 g/mol. The first kappa shape index (κ1) is 16.5. The van der Waals surface area contributed by atoms with Gasteiger partial charge in [0, 0.05) is 6.04 Å². The summed E-state index contributed by atoms with van der Waals surface area (Å²) in [4.78, 5) is 2.56. The third-order valence-electron chi connectivity index (χ3n) is 5.00. The van der Waals surface area contributed by atoms with Gasteiger partial charge in [0.25, 0.3) is 0 Å². The molecule has 110 valence electrons. The van der Waals surface area contributed by atoms with Gasteiger partial charge in [-0.05, 0) is 58.2 Å². The minimum Gasteiger partial charge on any atom is -0.301 e. The Labute approximate surface area is 119 Å². The van der Waals surface area contributed by atoms with Gasteiger partial charge in [-0.3, -0.25) is 5.32 Å². The van der Waals surface area contributed by atoms with Crippen LogP contribution in [0.4, 0.5) is 0 Å². The third kappa shape index (κ3) is 4.47. The lowest BCUT2D eigenvalue weighted by Gasteiger charge is -2.42. The zero-order chi connectivity index (χ0) is 14.5. The molecule has 1 aliphatic heterocycles. The van der Waals surface area contributed by atoms with E-state index in [1.165, 1.54) is 32.4 Å². The highest BCUT2D eigenvalue weighted by Gasteiger charge is 2.33. The molecule has 0 aromatic carbocycles. The standard InChI is InChI=1S/C16H31N3/c1-6-15(4)8-10-19(11-9-15)14(3)12-16(5,13-17)18-7-2/h14,18H,6-12H2,1-5H3. The van der Waals surface area contributed by atoms with Gasteiger partial charge >= 0.3 is 0 Å². The first-order valence-corrected chi connectivity index (χ1v) is 7.78. The molecule has 1 fully saturated rings. The first-order valence-electron chi connectivity index (χ1n) is 7.78. The van der Waals surface area contributed by atoms with Gasteiger partial charge in [-0.1, -0.05) is 27.2 Å². The van der Waals surface area contributed by atoms with E-state index >= 15 is 0 Å². The Hall–Kier alpha value is -0.590. The van der Waals surface area contributed by atoms with Crippen molar-refractivity contribution < 1.29 is 0 Å². The van der Waals surface area contributed by atoms with Crippen LogP contribution in [0.15, 0.2) is 0 Å². The number of hydrogen-bond acceptors (Lipinski definition) is 3. The highest BCUT2D eigenvalue weighted by molar-refractivity contribution is 5.05. The number of rotatable bonds is 6. The van der Waals surface area contributed by atoms with Crippen molar-refractivity contribution in [3.63, 3.8) is 0 Å². The predicted molar refractivity (Wildman–Crippen MR) is 81.0 cm³/mol. The fraction of sp³-hybridized carbons (Fsp3) is 0.938. The van der Waals surface area contributed by atoms with Gasteiger partial charge in [-0.2, -0.15) is 5.26 Å². The highest BCUT2D eigenvalue weighted by Crippen LogP contribution is 2.35. The van der Waals surface area contributed by atoms with E-state index in [1.54, 1.807) is 0 Å². The monoisotopic (exact) mass is 265 g/mol. The maximum absolute atomic E-state index is 9.35. The molecule has 0 radical (unpaired) electrons. The molecule has 1 rings (SSSR count). The van der Waals surface area contributed by atoms with Crippen LogP contribution >= 0.6 is 0 Å². The summed E-state index contributed by atoms with van der Waals surface area (Å²) in [6, 6.07) is 2.92. The van der Waals surface area contributed by atoms with E-state index in [4.69, 9.17) is 0 Å². The van der Waals surface area contributed by atoms with Crippen molar-refractivity contribution in [3.8, 4) is 6.07 Å². The van der Waals surface area contributed by atoms with E-state index in [-0.39, 0.29) is 5.54 Å². The Morgan fingerprint density at radius 1 is 1.37 bits per heavy atom. The minimum absolute atomic E-state index is 0.389. The van der Waals surface area contributed by atoms with Gasteiger partial charge in [-0.15, -0.1) is 0 Å². The van der Waals surface area contributed by atoms with Crippen molar-refractivity contribution in [2.45, 2.75) is 71.9 Å². The molecule has 2 atom stereocenters. The Morgan fingerprint density at radius 3 is 2.37 bits per heavy atom. The second-order valence-electron chi connectivity index (χ2n) is 6.73. The lowest BCUT2D eigenvalue weighted by molar-refractivity contribution is 0.0764. The van der Waals surface area contributed by atoms with Gasteiger partial charge in [0.05, 0.1) is 6.07 Å². The molecule has 0 spiro atoms. The molecule has 3 nitrogen and oxygen atoms in total. The van der Waals surface area contributed by atoms with E-state index < -0.39 is 0 Å². The van der Waals surface area contributed by atoms with Crippen LogP contribution in [0.25, 0.3) is 0 Å². The van der Waals surface area contributed by atoms with Crippen molar-refractivity contribution in [1.29, 1.82) is 5.26 Å². The lowest BCUT2D eigenvalue weighted by atomic mass is 9.77. The first-order chi connectivity index (χ1) is 8.88. The second kappa shape index (κ2) is 6.72. The molecule has 0 aromatic rings. The lowest BCUT2D eigenvalue weighted by Crippen LogP contribution is -2.49. The van der Waals surface area contributed by atoms with Gasteiger partial charge in [0.1, 0.15) is 5.54 Å². The number of nitrogens with one attached hydrogen (secondary N) is 1. The van der Waals surface area contributed by atoms with Crippen LogP contribution in [0.1, 0.15) is 60.3 Å². The van der Waals surface area contributed by atoms with Gasteiger partial charge in [0.2, 0.25) is 0 Å². The second-order valence-corrected chi connectivity index (χ2v) is 6.73. The fourth-order valence-electron chi connectivity index (χ4n) is 3.13. The molecule has 0 aliphatic carbocycles. The van der Waals surface area contributed by atoms with E-state index in [9.17, 15) is 5.26 Å². The Morgan fingerprint density at radius 2 is 1.95 bits per heavy atom. The molecule has 0 bridgehead atoms. The number of hydrogen-bond donors (Lipinski definition) is 1. The number of piperidine rings is 1. The quantitative estimate of drug-likeness (QED) is 0.802. The Balaban J connectivity index is 2.52. The van der Waals surface area contributed by atoms with Crippen molar-refractivity contribution in [1.82, 2.24) is 10.2 Å². The molecular weight excluding hydrogens is 234 g/mol. The topological polar surface area (TPSA) is 39.1 Å². The fourth-order valence-corrected chi connectivity index (χ4v) is 3.13. The van der Waals surface area contributed by atoms with Crippen LogP contribution in [0, 0.1) is 16.7 Å². The Kier molecular flexibility index (Phi) is 5.82. The minimum atomic E-state index is -0.389. The van der Waals surface area contributed by atoms with Crippen molar-refractivity contribution >= 4 is 0 Å². The predicted octanol–water partition coefficient (Wildman–Crippen LogP) is 3.17. The van der Waals surface area contributed by atoms with Crippen LogP contribution in [-0.2, 0) is 0 Å². The highest BCUT2D eigenvalue weighted by atomic mass is 15.2. The number of nitrogens with zero attached hydrogens (tertiary/aromatic N) is 2. The van der Waals surface area contributed by atoms with Gasteiger partial charge in [-0.25, -0.2) is 0 Å². The SMILES string of the molecule is CCNC(C)(C#N)CC(C)N1CCC(C)(CC)CC1. The molecule has 1 heterocycles. The van der Waals surface area contributed by atoms with Crippen LogP contribution in [0.3, 0.4) is 0 Å². The van der Waals surface area contributed by atoms with Gasteiger partial charge in [0.15, 0.2) is 0 Å². The molecule has 1 N–H and O–H groups in total. The van der Waals surface area contributed by atoms with Crippen molar-refractivity contribution in [3.05, 3.63) is 0 Å². The molecular formula is C16H31N3.